The van der Waals surface area contributed by atoms with E-state index in [-0.39, 0.29) is 10.2 Å². The molecule has 2 heterocycles. The van der Waals surface area contributed by atoms with E-state index in [1.54, 1.807) is 4.90 Å². The first-order valence-electron chi connectivity index (χ1n) is 6.12. The van der Waals surface area contributed by atoms with Gasteiger partial charge in [0.05, 0.1) is 16.2 Å². The van der Waals surface area contributed by atoms with Crippen LogP contribution in [0.5, 0.6) is 0 Å². The number of hydrogen-bond donors (Lipinski definition) is 1. The number of nitrogens with two attached hydrogens (primary N) is 1. The van der Waals surface area contributed by atoms with Gasteiger partial charge < -0.3 is 4.90 Å². The third kappa shape index (κ3) is 2.13. The van der Waals surface area contributed by atoms with E-state index in [0.717, 1.165) is 32.5 Å². The maximum atomic E-state index is 12.6. The minimum absolute atomic E-state index is 0.195. The number of carbonyl (C=O) groups excluding carboxylic acids is 2. The molecule has 8 heteroatoms. The Morgan fingerprint density at radius 1 is 1.33 bits per heavy atom. The Labute approximate surface area is 139 Å². The van der Waals surface area contributed by atoms with E-state index >= 15 is 0 Å². The SMILES string of the molecule is CCN1C(=O)/C(=C2\SC(=S)N(N)C2=O)c2cc(Br)ccc21. The lowest BCUT2D eigenvalue weighted by atomic mass is 10.1. The third-order valence-electron chi connectivity index (χ3n) is 3.32. The number of thiocarbonyl (C=S) groups is 1. The minimum atomic E-state index is -0.433. The Hall–Kier alpha value is -1.22. The molecular weight excluding hydrogens is 374 g/mol. The molecule has 21 heavy (non-hydrogen) atoms. The molecule has 2 N–H and O–H groups in total. The summed E-state index contributed by atoms with van der Waals surface area (Å²) in [5.74, 6) is 4.97. The maximum Gasteiger partial charge on any atom is 0.281 e. The Balaban J connectivity index is 2.26. The van der Waals surface area contributed by atoms with Crippen LogP contribution in [0.4, 0.5) is 5.69 Å². The minimum Gasteiger partial charge on any atom is -0.308 e. The Bertz CT molecular complexity index is 732. The lowest BCUT2D eigenvalue weighted by molar-refractivity contribution is -0.122. The van der Waals surface area contributed by atoms with Gasteiger partial charge in [-0.05, 0) is 25.1 Å². The first kappa shape index (κ1) is 14.7. The Morgan fingerprint density at radius 2 is 2.05 bits per heavy atom. The van der Waals surface area contributed by atoms with Crippen LogP contribution in [-0.2, 0) is 9.59 Å². The molecule has 3 rings (SSSR count). The van der Waals surface area contributed by atoms with E-state index in [2.05, 4.69) is 15.9 Å². The van der Waals surface area contributed by atoms with Gasteiger partial charge in [-0.3, -0.25) is 9.59 Å². The molecule has 0 radical (unpaired) electrons. The van der Waals surface area contributed by atoms with Gasteiger partial charge in [0.15, 0.2) is 4.32 Å². The number of hydrogen-bond acceptors (Lipinski definition) is 5. The van der Waals surface area contributed by atoms with E-state index in [4.69, 9.17) is 18.1 Å². The second-order valence-corrected chi connectivity index (χ2v) is 7.02. The number of carbonyl (C=O) groups is 2. The molecule has 5 nitrogen and oxygen atoms in total. The van der Waals surface area contributed by atoms with Crippen molar-refractivity contribution in [1.82, 2.24) is 5.01 Å². The van der Waals surface area contributed by atoms with Crippen molar-refractivity contribution in [3.05, 3.63) is 33.1 Å². The van der Waals surface area contributed by atoms with Crippen molar-refractivity contribution in [1.29, 1.82) is 0 Å². The van der Waals surface area contributed by atoms with Crippen LogP contribution in [0.25, 0.3) is 5.57 Å². The number of anilines is 1. The lowest BCUT2D eigenvalue weighted by Gasteiger charge is -2.13. The first-order valence-corrected chi connectivity index (χ1v) is 8.14. The van der Waals surface area contributed by atoms with Gasteiger partial charge in [-0.15, -0.1) is 0 Å². The molecule has 0 aliphatic carbocycles. The van der Waals surface area contributed by atoms with Gasteiger partial charge in [0.25, 0.3) is 11.8 Å². The predicted molar refractivity (Wildman–Crippen MR) is 90.3 cm³/mol. The van der Waals surface area contributed by atoms with Gasteiger partial charge in [-0.25, -0.2) is 10.9 Å². The molecule has 2 aliphatic heterocycles. The van der Waals surface area contributed by atoms with E-state index < -0.39 is 5.91 Å². The molecule has 2 aliphatic rings. The van der Waals surface area contributed by atoms with Crippen molar-refractivity contribution >= 4 is 67.3 Å². The van der Waals surface area contributed by atoms with Crippen LogP contribution in [0.1, 0.15) is 12.5 Å². The molecule has 108 valence electrons. The summed E-state index contributed by atoms with van der Waals surface area (Å²) in [7, 11) is 0. The third-order valence-corrected chi connectivity index (χ3v) is 5.21. The van der Waals surface area contributed by atoms with Crippen molar-refractivity contribution in [2.45, 2.75) is 6.92 Å². The summed E-state index contributed by atoms with van der Waals surface area (Å²) in [5.41, 5.74) is 1.90. The van der Waals surface area contributed by atoms with Crippen LogP contribution in [0.2, 0.25) is 0 Å². The predicted octanol–water partition coefficient (Wildman–Crippen LogP) is 2.26. The number of amides is 2. The topological polar surface area (TPSA) is 66.6 Å². The van der Waals surface area contributed by atoms with Gasteiger partial charge in [0.1, 0.15) is 0 Å². The van der Waals surface area contributed by atoms with Crippen LogP contribution >= 0.6 is 39.9 Å². The largest absolute Gasteiger partial charge is 0.308 e. The van der Waals surface area contributed by atoms with Gasteiger partial charge in [0.2, 0.25) is 0 Å². The quantitative estimate of drug-likeness (QED) is 0.348. The van der Waals surface area contributed by atoms with E-state index in [1.165, 1.54) is 0 Å². The summed E-state index contributed by atoms with van der Waals surface area (Å²) in [5, 5.41) is 0.905. The summed E-state index contributed by atoms with van der Waals surface area (Å²) in [6.07, 6.45) is 0. The summed E-state index contributed by atoms with van der Waals surface area (Å²) < 4.78 is 1.09. The van der Waals surface area contributed by atoms with Crippen molar-refractivity contribution in [3.8, 4) is 0 Å². The van der Waals surface area contributed by atoms with Crippen LogP contribution in [0.3, 0.4) is 0 Å². The molecular formula is C13H10BrN3O2S2. The summed E-state index contributed by atoms with van der Waals surface area (Å²) in [4.78, 5) is 26.8. The molecule has 0 atom stereocenters. The second kappa shape index (κ2) is 5.20. The van der Waals surface area contributed by atoms with Gasteiger partial charge in [-0.1, -0.05) is 39.9 Å². The highest BCUT2D eigenvalue weighted by molar-refractivity contribution is 9.10. The molecule has 0 spiro atoms. The standard InChI is InChI=1S/C13H10BrN3O2S2/c1-2-16-8-4-3-6(14)5-7(8)9(11(16)18)10-12(19)17(15)13(20)21-10/h3-5H,2,15H2,1H3/b10-9-. The molecule has 1 fully saturated rings. The van der Waals surface area contributed by atoms with E-state index in [0.29, 0.717) is 17.0 Å². The number of likely N-dealkylation sites (N-methyl/N-ethyl adjacent to an activating group) is 1. The van der Waals surface area contributed by atoms with Crippen LogP contribution < -0.4 is 10.7 Å². The molecule has 0 unspecified atom stereocenters. The molecule has 1 saturated heterocycles. The van der Waals surface area contributed by atoms with E-state index in [1.807, 2.05) is 25.1 Å². The molecule has 0 saturated carbocycles. The molecule has 2 amide bonds. The van der Waals surface area contributed by atoms with Gasteiger partial charge >= 0.3 is 0 Å². The number of hydrazine groups is 1. The molecule has 0 aromatic heterocycles. The van der Waals surface area contributed by atoms with Gasteiger partial charge in [0, 0.05) is 16.6 Å². The average molecular weight is 384 g/mol. The lowest BCUT2D eigenvalue weighted by Crippen LogP contribution is -2.35. The fourth-order valence-electron chi connectivity index (χ4n) is 2.37. The number of thioether (sulfide) groups is 1. The van der Waals surface area contributed by atoms with E-state index in [9.17, 15) is 9.59 Å². The summed E-state index contributed by atoms with van der Waals surface area (Å²) in [6.45, 7) is 2.42. The summed E-state index contributed by atoms with van der Waals surface area (Å²) >= 11 is 9.49. The normalized spacial score (nSPS) is 21.6. The summed E-state index contributed by atoms with van der Waals surface area (Å²) in [6, 6.07) is 5.56. The fraction of sp³-hybridized carbons (Fsp3) is 0.154. The zero-order chi connectivity index (χ0) is 15.3. The van der Waals surface area contributed by atoms with Crippen LogP contribution in [-0.4, -0.2) is 27.7 Å². The second-order valence-electron chi connectivity index (χ2n) is 4.46. The number of nitrogens with zero attached hydrogens (tertiary/aromatic N) is 2. The Kier molecular flexibility index (Phi) is 3.64. The molecule has 0 bridgehead atoms. The number of halogens is 1. The van der Waals surface area contributed by atoms with Crippen molar-refractivity contribution in [2.24, 2.45) is 5.84 Å². The van der Waals surface area contributed by atoms with Crippen molar-refractivity contribution < 1.29 is 9.59 Å². The first-order chi connectivity index (χ1) is 9.95. The smallest absolute Gasteiger partial charge is 0.281 e. The molecule has 1 aromatic rings. The number of fused-ring (bicyclic) bond motifs is 1. The van der Waals surface area contributed by atoms with Crippen LogP contribution in [0.15, 0.2) is 27.6 Å². The molecule has 1 aromatic carbocycles. The van der Waals surface area contributed by atoms with Crippen molar-refractivity contribution in [3.63, 3.8) is 0 Å². The Morgan fingerprint density at radius 3 is 2.62 bits per heavy atom. The number of rotatable bonds is 1. The van der Waals surface area contributed by atoms with Crippen molar-refractivity contribution in [2.75, 3.05) is 11.4 Å². The maximum absolute atomic E-state index is 12.6. The monoisotopic (exact) mass is 383 g/mol. The number of benzene rings is 1. The average Bonchev–Trinajstić information content (AvgIpc) is 2.86. The highest BCUT2D eigenvalue weighted by Crippen LogP contribution is 2.44. The van der Waals surface area contributed by atoms with Crippen LogP contribution in [0, 0.1) is 0 Å². The fourth-order valence-corrected chi connectivity index (χ4v) is 3.90. The zero-order valence-corrected chi connectivity index (χ0v) is 14.1. The van der Waals surface area contributed by atoms with Gasteiger partial charge in [-0.2, -0.15) is 0 Å². The highest BCUT2D eigenvalue weighted by Gasteiger charge is 2.40. The highest BCUT2D eigenvalue weighted by atomic mass is 79.9. The zero-order valence-electron chi connectivity index (χ0n) is 10.9.